The van der Waals surface area contributed by atoms with Gasteiger partial charge in [0.2, 0.25) is 0 Å². The van der Waals surface area contributed by atoms with Gasteiger partial charge in [-0.2, -0.15) is 26.3 Å². The van der Waals surface area contributed by atoms with Crippen molar-refractivity contribution < 1.29 is 45.7 Å². The highest BCUT2D eigenvalue weighted by Gasteiger charge is 2.37. The molecular weight excluding hydrogens is 346 g/mol. The van der Waals surface area contributed by atoms with Gasteiger partial charge in [-0.05, 0) is 18.2 Å². The molecule has 0 aliphatic carbocycles. The molecule has 0 radical (unpaired) electrons. The molecule has 1 saturated heterocycles. The van der Waals surface area contributed by atoms with E-state index in [1.165, 1.54) is 0 Å². The molecule has 0 spiro atoms. The minimum atomic E-state index is -4.96. The van der Waals surface area contributed by atoms with Crippen molar-refractivity contribution in [2.75, 3.05) is 19.8 Å². The van der Waals surface area contributed by atoms with Crippen LogP contribution in [0.3, 0.4) is 0 Å². The Hall–Kier alpha value is -1.52. The molecule has 0 aromatic heterocycles. The maximum Gasteiger partial charge on any atom is 0.416 e. The highest BCUT2D eigenvalue weighted by atomic mass is 19.4. The lowest BCUT2D eigenvalue weighted by Crippen LogP contribution is -2.34. The van der Waals surface area contributed by atoms with Crippen LogP contribution in [0, 0.1) is 0 Å². The summed E-state index contributed by atoms with van der Waals surface area (Å²) in [5, 5.41) is 9.59. The number of aliphatic hydroxyl groups is 1. The molecular formula is C14H14F6O4. The summed E-state index contributed by atoms with van der Waals surface area (Å²) in [6.07, 6.45) is -10.9. The third-order valence-electron chi connectivity index (χ3n) is 3.14. The second-order valence-corrected chi connectivity index (χ2v) is 5.13. The van der Waals surface area contributed by atoms with E-state index in [9.17, 15) is 31.4 Å². The Bertz CT molecular complexity index is 521. The van der Waals surface area contributed by atoms with Crippen molar-refractivity contribution in [1.82, 2.24) is 0 Å². The fourth-order valence-corrected chi connectivity index (χ4v) is 1.81. The highest BCUT2D eigenvalue weighted by Crippen LogP contribution is 2.38. The molecule has 1 aliphatic rings. The molecule has 4 nitrogen and oxygen atoms in total. The molecule has 1 aliphatic heterocycles. The maximum atomic E-state index is 12.7. The molecule has 0 saturated carbocycles. The number of alkyl halides is 6. The Labute approximate surface area is 132 Å². The molecule has 0 bridgehead atoms. The molecule has 24 heavy (non-hydrogen) atoms. The molecule has 0 amide bonds. The van der Waals surface area contributed by atoms with E-state index >= 15 is 0 Å². The summed E-state index contributed by atoms with van der Waals surface area (Å²) in [4.78, 5) is 0. The molecule has 1 aromatic carbocycles. The largest absolute Gasteiger partial charge is 0.491 e. The number of benzene rings is 1. The van der Waals surface area contributed by atoms with E-state index in [4.69, 9.17) is 14.2 Å². The molecule has 1 fully saturated rings. The van der Waals surface area contributed by atoms with Gasteiger partial charge in [0, 0.05) is 6.42 Å². The van der Waals surface area contributed by atoms with E-state index in [1.54, 1.807) is 0 Å². The predicted molar refractivity (Wildman–Crippen MR) is 68.3 cm³/mol. The number of hydrogen-bond donors (Lipinski definition) is 1. The third-order valence-corrected chi connectivity index (χ3v) is 3.14. The topological polar surface area (TPSA) is 47.9 Å². The molecule has 2 unspecified atom stereocenters. The fraction of sp³-hybridized carbons (Fsp3) is 0.571. The first-order chi connectivity index (χ1) is 11.1. The Balaban J connectivity index is 2.02. The Morgan fingerprint density at radius 2 is 1.58 bits per heavy atom. The highest BCUT2D eigenvalue weighted by molar-refractivity contribution is 5.37. The normalized spacial score (nSPS) is 19.7. The number of halogens is 6. The van der Waals surface area contributed by atoms with Crippen molar-refractivity contribution in [2.24, 2.45) is 0 Å². The molecule has 136 valence electrons. The second kappa shape index (κ2) is 7.16. The van der Waals surface area contributed by atoms with Crippen LogP contribution < -0.4 is 4.74 Å². The average Bonchev–Trinajstić information content (AvgIpc) is 2.41. The predicted octanol–water partition coefficient (Wildman–Crippen LogP) is 3.23. The van der Waals surface area contributed by atoms with Crippen molar-refractivity contribution in [3.05, 3.63) is 29.3 Å². The first-order valence-electron chi connectivity index (χ1n) is 6.89. The SMILES string of the molecule is OC(COc1cc(C(F)(F)F)cc(C(F)(F)F)c1)COC1CCO1. The third kappa shape index (κ3) is 5.25. The van der Waals surface area contributed by atoms with Crippen LogP contribution in [0.2, 0.25) is 0 Å². The summed E-state index contributed by atoms with van der Waals surface area (Å²) >= 11 is 0. The standard InChI is InChI=1S/C14H14F6O4/c15-13(16,17)8-3-9(14(18,19)20)5-11(4-8)23-6-10(21)7-24-12-1-2-22-12/h3-5,10,12,21H,1-2,6-7H2. The zero-order valence-corrected chi connectivity index (χ0v) is 12.2. The van der Waals surface area contributed by atoms with E-state index in [-0.39, 0.29) is 12.7 Å². The van der Waals surface area contributed by atoms with Crippen LogP contribution in [0.1, 0.15) is 17.5 Å². The molecule has 1 aromatic rings. The minimum Gasteiger partial charge on any atom is -0.491 e. The number of hydrogen-bond acceptors (Lipinski definition) is 4. The molecule has 2 atom stereocenters. The fourth-order valence-electron chi connectivity index (χ4n) is 1.81. The van der Waals surface area contributed by atoms with Gasteiger partial charge in [0.1, 0.15) is 18.5 Å². The Kier molecular flexibility index (Phi) is 5.61. The van der Waals surface area contributed by atoms with Crippen LogP contribution in [0.4, 0.5) is 26.3 Å². The Morgan fingerprint density at radius 3 is 2.00 bits per heavy atom. The van der Waals surface area contributed by atoms with Crippen LogP contribution in [-0.4, -0.2) is 37.3 Å². The van der Waals surface area contributed by atoms with Crippen molar-refractivity contribution >= 4 is 0 Å². The van der Waals surface area contributed by atoms with Gasteiger partial charge in [-0.15, -0.1) is 0 Å². The van der Waals surface area contributed by atoms with E-state index in [1.807, 2.05) is 0 Å². The van der Waals surface area contributed by atoms with Gasteiger partial charge >= 0.3 is 12.4 Å². The second-order valence-electron chi connectivity index (χ2n) is 5.13. The Morgan fingerprint density at radius 1 is 1.04 bits per heavy atom. The molecule has 10 heteroatoms. The zero-order valence-electron chi connectivity index (χ0n) is 12.2. The van der Waals surface area contributed by atoms with E-state index < -0.39 is 48.2 Å². The molecule has 1 N–H and O–H groups in total. The quantitative estimate of drug-likeness (QED) is 0.792. The summed E-state index contributed by atoms with van der Waals surface area (Å²) in [5.74, 6) is -0.643. The molecule has 2 rings (SSSR count). The van der Waals surface area contributed by atoms with Gasteiger partial charge in [0.05, 0.1) is 24.3 Å². The first-order valence-corrected chi connectivity index (χ1v) is 6.89. The van der Waals surface area contributed by atoms with Crippen molar-refractivity contribution in [3.63, 3.8) is 0 Å². The lowest BCUT2D eigenvalue weighted by molar-refractivity contribution is -0.224. The summed E-state index contributed by atoms with van der Waals surface area (Å²) in [6, 6.07) is 0.885. The van der Waals surface area contributed by atoms with Crippen molar-refractivity contribution in [3.8, 4) is 5.75 Å². The summed E-state index contributed by atoms with van der Waals surface area (Å²) in [6.45, 7) is -0.206. The van der Waals surface area contributed by atoms with Gasteiger partial charge in [-0.3, -0.25) is 0 Å². The number of ether oxygens (including phenoxy) is 3. The van der Waals surface area contributed by atoms with Gasteiger partial charge in [0.25, 0.3) is 0 Å². The van der Waals surface area contributed by atoms with Crippen LogP contribution in [-0.2, 0) is 21.8 Å². The average molecular weight is 360 g/mol. The monoisotopic (exact) mass is 360 g/mol. The maximum absolute atomic E-state index is 12.7. The first kappa shape index (κ1) is 18.8. The lowest BCUT2D eigenvalue weighted by atomic mass is 10.1. The van der Waals surface area contributed by atoms with Crippen LogP contribution in [0.5, 0.6) is 5.75 Å². The summed E-state index contributed by atoms with van der Waals surface area (Å²) in [7, 11) is 0. The minimum absolute atomic E-state index is 0.000329. The van der Waals surface area contributed by atoms with Crippen molar-refractivity contribution in [1.29, 1.82) is 0 Å². The zero-order chi connectivity index (χ0) is 18.0. The van der Waals surface area contributed by atoms with E-state index in [2.05, 4.69) is 0 Å². The van der Waals surface area contributed by atoms with Gasteiger partial charge in [-0.1, -0.05) is 0 Å². The summed E-state index contributed by atoms with van der Waals surface area (Å²) < 4.78 is 91.0. The van der Waals surface area contributed by atoms with Crippen LogP contribution in [0.15, 0.2) is 18.2 Å². The van der Waals surface area contributed by atoms with Crippen LogP contribution in [0.25, 0.3) is 0 Å². The van der Waals surface area contributed by atoms with Gasteiger partial charge in [-0.25, -0.2) is 0 Å². The number of aliphatic hydroxyl groups excluding tert-OH is 1. The summed E-state index contributed by atoms with van der Waals surface area (Å²) in [5.41, 5.74) is -2.97. The number of rotatable bonds is 6. The van der Waals surface area contributed by atoms with Crippen LogP contribution >= 0.6 is 0 Å². The van der Waals surface area contributed by atoms with E-state index in [0.717, 1.165) is 0 Å². The smallest absolute Gasteiger partial charge is 0.416 e. The van der Waals surface area contributed by atoms with Crippen molar-refractivity contribution in [2.45, 2.75) is 31.2 Å². The molecule has 1 heterocycles. The lowest BCUT2D eigenvalue weighted by Gasteiger charge is -2.27. The van der Waals surface area contributed by atoms with Gasteiger partial charge < -0.3 is 19.3 Å². The van der Waals surface area contributed by atoms with Gasteiger partial charge in [0.15, 0.2) is 6.29 Å². The van der Waals surface area contributed by atoms with E-state index in [0.29, 0.717) is 25.2 Å².